The summed E-state index contributed by atoms with van der Waals surface area (Å²) < 4.78 is 10.1. The lowest BCUT2D eigenvalue weighted by atomic mass is 9.99. The fraction of sp³-hybridized carbons (Fsp3) is 0.778. The number of rotatable bonds is 3. The minimum Gasteiger partial charge on any atom is -0.467 e. The molecule has 0 aliphatic carbocycles. The lowest BCUT2D eigenvalue weighted by molar-refractivity contribution is -0.291. The minimum atomic E-state index is -1.42. The molecule has 15 heavy (non-hydrogen) atoms. The van der Waals surface area contributed by atoms with Crippen molar-refractivity contribution in [2.75, 3.05) is 6.61 Å². The molecule has 1 fully saturated rings. The van der Waals surface area contributed by atoms with Crippen molar-refractivity contribution in [3.8, 4) is 0 Å². The van der Waals surface area contributed by atoms with E-state index in [1.807, 2.05) is 0 Å². The molecule has 5 atom stereocenters. The zero-order chi connectivity index (χ0) is 11.6. The van der Waals surface area contributed by atoms with Crippen molar-refractivity contribution in [3.05, 3.63) is 12.3 Å². The van der Waals surface area contributed by atoms with Gasteiger partial charge in [0.05, 0.1) is 12.4 Å². The van der Waals surface area contributed by atoms with Crippen LogP contribution in [-0.4, -0.2) is 57.7 Å². The second-order valence-corrected chi connectivity index (χ2v) is 3.52. The number of ether oxygens (including phenoxy) is 2. The summed E-state index contributed by atoms with van der Waals surface area (Å²) in [6, 6.07) is 0. The van der Waals surface area contributed by atoms with Crippen LogP contribution in [0, 0.1) is 0 Å². The maximum absolute atomic E-state index is 9.49. The van der Waals surface area contributed by atoms with Gasteiger partial charge >= 0.3 is 0 Å². The van der Waals surface area contributed by atoms with Gasteiger partial charge in [0.2, 0.25) is 6.29 Å². The highest BCUT2D eigenvalue weighted by Crippen LogP contribution is 2.22. The monoisotopic (exact) mass is 220 g/mol. The molecule has 0 bridgehead atoms. The van der Waals surface area contributed by atoms with Crippen LogP contribution in [0.1, 0.15) is 6.92 Å². The maximum Gasteiger partial charge on any atom is 0.228 e. The minimum absolute atomic E-state index is 0.305. The molecule has 4 N–H and O–H groups in total. The van der Waals surface area contributed by atoms with Gasteiger partial charge in [-0.1, -0.05) is 6.58 Å². The van der Waals surface area contributed by atoms with Crippen molar-refractivity contribution in [1.82, 2.24) is 0 Å². The van der Waals surface area contributed by atoms with Gasteiger partial charge in [-0.2, -0.15) is 0 Å². The lowest BCUT2D eigenvalue weighted by Crippen LogP contribution is -2.59. The highest BCUT2D eigenvalue weighted by atomic mass is 16.7. The average molecular weight is 220 g/mol. The van der Waals surface area contributed by atoms with E-state index in [9.17, 15) is 15.3 Å². The van der Waals surface area contributed by atoms with E-state index < -0.39 is 37.3 Å². The predicted molar refractivity (Wildman–Crippen MR) is 49.7 cm³/mol. The Labute approximate surface area is 87.4 Å². The molecular weight excluding hydrogens is 204 g/mol. The molecular formula is C9H16O6. The molecule has 6 nitrogen and oxygen atoms in total. The van der Waals surface area contributed by atoms with Crippen LogP contribution >= 0.6 is 0 Å². The molecule has 88 valence electrons. The van der Waals surface area contributed by atoms with Crippen molar-refractivity contribution < 1.29 is 29.9 Å². The number of aliphatic hydroxyl groups is 4. The van der Waals surface area contributed by atoms with Crippen LogP contribution in [0.2, 0.25) is 0 Å². The summed E-state index contributed by atoms with van der Waals surface area (Å²) in [6.45, 7) is 4.54. The molecule has 0 aromatic rings. The van der Waals surface area contributed by atoms with Crippen LogP contribution in [0.15, 0.2) is 12.3 Å². The third-order valence-electron chi connectivity index (χ3n) is 2.17. The first-order valence-corrected chi connectivity index (χ1v) is 4.60. The van der Waals surface area contributed by atoms with Crippen LogP contribution in [0.3, 0.4) is 0 Å². The van der Waals surface area contributed by atoms with Gasteiger partial charge in [-0.3, -0.25) is 0 Å². The number of hydrogen-bond acceptors (Lipinski definition) is 6. The Morgan fingerprint density at radius 1 is 1.27 bits per heavy atom. The molecule has 1 aliphatic heterocycles. The first-order valence-electron chi connectivity index (χ1n) is 4.60. The van der Waals surface area contributed by atoms with E-state index in [4.69, 9.17) is 14.6 Å². The van der Waals surface area contributed by atoms with Crippen molar-refractivity contribution in [1.29, 1.82) is 0 Å². The summed E-state index contributed by atoms with van der Waals surface area (Å²) in [6.07, 6.45) is -6.24. The van der Waals surface area contributed by atoms with Gasteiger partial charge in [-0.05, 0) is 6.92 Å². The molecule has 1 unspecified atom stereocenters. The number of allylic oxidation sites excluding steroid dienone is 1. The molecule has 1 saturated heterocycles. The zero-order valence-corrected chi connectivity index (χ0v) is 8.41. The molecule has 0 spiro atoms. The van der Waals surface area contributed by atoms with E-state index in [2.05, 4.69) is 6.58 Å². The van der Waals surface area contributed by atoms with E-state index >= 15 is 0 Å². The Morgan fingerprint density at radius 2 is 1.87 bits per heavy atom. The highest BCUT2D eigenvalue weighted by molar-refractivity contribution is 4.90. The summed E-state index contributed by atoms with van der Waals surface area (Å²) in [5.41, 5.74) is 0. The van der Waals surface area contributed by atoms with Crippen LogP contribution in [0.5, 0.6) is 0 Å². The van der Waals surface area contributed by atoms with Gasteiger partial charge in [-0.25, -0.2) is 0 Å². The molecule has 0 amide bonds. The molecule has 1 rings (SSSR count). The lowest BCUT2D eigenvalue weighted by Gasteiger charge is -2.39. The van der Waals surface area contributed by atoms with Crippen molar-refractivity contribution in [3.63, 3.8) is 0 Å². The Morgan fingerprint density at radius 3 is 2.33 bits per heavy atom. The Kier molecular flexibility index (Phi) is 4.06. The van der Waals surface area contributed by atoms with Gasteiger partial charge in [0.25, 0.3) is 0 Å². The van der Waals surface area contributed by atoms with Gasteiger partial charge in [-0.15, -0.1) is 0 Å². The summed E-state index contributed by atoms with van der Waals surface area (Å²) >= 11 is 0. The average Bonchev–Trinajstić information content (AvgIpc) is 2.18. The summed E-state index contributed by atoms with van der Waals surface area (Å²) in [5, 5.41) is 37.2. The topological polar surface area (TPSA) is 99.4 Å². The van der Waals surface area contributed by atoms with Crippen molar-refractivity contribution in [2.24, 2.45) is 0 Å². The van der Waals surface area contributed by atoms with Gasteiger partial charge in [0.15, 0.2) is 0 Å². The Hall–Kier alpha value is -0.660. The SMILES string of the molecule is C=C(C)OC1O[C@H](CO)[C@H](O)[C@H](O)[C@H]1O. The molecule has 0 radical (unpaired) electrons. The first kappa shape index (κ1) is 12.4. The third-order valence-corrected chi connectivity index (χ3v) is 2.17. The molecule has 0 aromatic heterocycles. The molecule has 6 heteroatoms. The standard InChI is InChI=1S/C9H16O6/c1-4(2)14-9-8(13)7(12)6(11)5(3-10)15-9/h5-13H,1,3H2,2H3/t5-,6+,7+,8-,9?/m1/s1. The summed E-state index contributed by atoms with van der Waals surface area (Å²) in [5.74, 6) is 0.305. The molecule has 1 heterocycles. The number of hydrogen-bond donors (Lipinski definition) is 4. The normalized spacial score (nSPS) is 41.3. The quantitative estimate of drug-likeness (QED) is 0.425. The molecule has 0 saturated carbocycles. The molecule has 1 aliphatic rings. The van der Waals surface area contributed by atoms with Crippen LogP contribution in [0.4, 0.5) is 0 Å². The largest absolute Gasteiger partial charge is 0.467 e. The maximum atomic E-state index is 9.49. The van der Waals surface area contributed by atoms with Gasteiger partial charge < -0.3 is 29.9 Å². The van der Waals surface area contributed by atoms with Crippen molar-refractivity contribution >= 4 is 0 Å². The van der Waals surface area contributed by atoms with Crippen LogP contribution < -0.4 is 0 Å². The number of aliphatic hydroxyl groups excluding tert-OH is 4. The van der Waals surface area contributed by atoms with Gasteiger partial charge in [0, 0.05) is 0 Å². The van der Waals surface area contributed by atoms with E-state index in [0.29, 0.717) is 5.76 Å². The van der Waals surface area contributed by atoms with Gasteiger partial charge in [0.1, 0.15) is 24.4 Å². The summed E-state index contributed by atoms with van der Waals surface area (Å²) in [7, 11) is 0. The summed E-state index contributed by atoms with van der Waals surface area (Å²) in [4.78, 5) is 0. The fourth-order valence-electron chi connectivity index (χ4n) is 1.36. The highest BCUT2D eigenvalue weighted by Gasteiger charge is 2.44. The van der Waals surface area contributed by atoms with Crippen LogP contribution in [0.25, 0.3) is 0 Å². The Bertz CT molecular complexity index is 229. The molecule has 0 aromatic carbocycles. The first-order chi connectivity index (χ1) is 6.97. The van der Waals surface area contributed by atoms with E-state index in [-0.39, 0.29) is 0 Å². The van der Waals surface area contributed by atoms with Crippen LogP contribution in [-0.2, 0) is 9.47 Å². The van der Waals surface area contributed by atoms with E-state index in [1.165, 1.54) is 0 Å². The second-order valence-electron chi connectivity index (χ2n) is 3.52. The Balaban J connectivity index is 2.69. The second kappa shape index (κ2) is 4.91. The third kappa shape index (κ3) is 2.67. The zero-order valence-electron chi connectivity index (χ0n) is 8.41. The van der Waals surface area contributed by atoms with E-state index in [0.717, 1.165) is 0 Å². The smallest absolute Gasteiger partial charge is 0.228 e. The van der Waals surface area contributed by atoms with E-state index in [1.54, 1.807) is 6.92 Å². The fourth-order valence-corrected chi connectivity index (χ4v) is 1.36. The predicted octanol–water partition coefficient (Wildman–Crippen LogP) is -1.66. The van der Waals surface area contributed by atoms with Crippen molar-refractivity contribution in [2.45, 2.75) is 37.6 Å².